The molecule has 2 heterocycles. The summed E-state index contributed by atoms with van der Waals surface area (Å²) in [5.74, 6) is -0.967. The van der Waals surface area contributed by atoms with Gasteiger partial charge in [-0.1, -0.05) is 19.4 Å². The van der Waals surface area contributed by atoms with Crippen molar-refractivity contribution in [1.82, 2.24) is 4.90 Å². The summed E-state index contributed by atoms with van der Waals surface area (Å²) in [6.07, 6.45) is 2.75. The van der Waals surface area contributed by atoms with Crippen molar-refractivity contribution >= 4 is 23.2 Å². The quantitative estimate of drug-likeness (QED) is 0.873. The number of likely N-dealkylation sites (tertiary alicyclic amines) is 1. The van der Waals surface area contributed by atoms with E-state index in [0.717, 1.165) is 17.7 Å². The number of nitrogens with zero attached hydrogens (tertiary/aromatic N) is 1. The number of amides is 1. The van der Waals surface area contributed by atoms with Crippen LogP contribution < -0.4 is 5.73 Å². The van der Waals surface area contributed by atoms with Crippen molar-refractivity contribution in [3.63, 3.8) is 0 Å². The highest BCUT2D eigenvalue weighted by molar-refractivity contribution is 7.10. The van der Waals surface area contributed by atoms with Gasteiger partial charge in [0.25, 0.3) is 0 Å². The molecule has 21 heavy (non-hydrogen) atoms. The van der Waals surface area contributed by atoms with Crippen molar-refractivity contribution in [2.24, 2.45) is 11.1 Å². The molecule has 1 aliphatic heterocycles. The van der Waals surface area contributed by atoms with Gasteiger partial charge < -0.3 is 15.7 Å². The monoisotopic (exact) mass is 310 g/mol. The summed E-state index contributed by atoms with van der Waals surface area (Å²) in [6.45, 7) is 2.84. The zero-order chi connectivity index (χ0) is 15.5. The Bertz CT molecular complexity index is 499. The second-order valence-electron chi connectivity index (χ2n) is 5.69. The number of carbonyl (C=O) groups excluding carboxylic acids is 1. The van der Waals surface area contributed by atoms with Crippen LogP contribution in [0.5, 0.6) is 0 Å². The Balaban J connectivity index is 2.13. The van der Waals surface area contributed by atoms with Crippen LogP contribution in [-0.2, 0) is 9.59 Å². The van der Waals surface area contributed by atoms with Gasteiger partial charge in [-0.3, -0.25) is 9.59 Å². The highest BCUT2D eigenvalue weighted by atomic mass is 32.1. The van der Waals surface area contributed by atoms with E-state index in [0.29, 0.717) is 19.4 Å². The largest absolute Gasteiger partial charge is 0.481 e. The van der Waals surface area contributed by atoms with Crippen molar-refractivity contribution in [2.45, 2.75) is 38.6 Å². The summed E-state index contributed by atoms with van der Waals surface area (Å²) >= 11 is 1.45. The van der Waals surface area contributed by atoms with E-state index < -0.39 is 17.4 Å². The second kappa shape index (κ2) is 6.58. The van der Waals surface area contributed by atoms with Crippen LogP contribution in [0.15, 0.2) is 17.5 Å². The molecule has 6 heteroatoms. The van der Waals surface area contributed by atoms with Crippen molar-refractivity contribution in [1.29, 1.82) is 0 Å². The number of rotatable bonds is 5. The third-order valence-corrected chi connectivity index (χ3v) is 5.14. The average molecular weight is 310 g/mol. The molecule has 1 fully saturated rings. The Kier molecular flexibility index (Phi) is 5.00. The molecule has 3 N–H and O–H groups in total. The van der Waals surface area contributed by atoms with E-state index >= 15 is 0 Å². The topological polar surface area (TPSA) is 83.6 Å². The lowest BCUT2D eigenvalue weighted by Gasteiger charge is -2.40. The lowest BCUT2D eigenvalue weighted by molar-refractivity contribution is -0.155. The van der Waals surface area contributed by atoms with Gasteiger partial charge >= 0.3 is 5.97 Å². The minimum Gasteiger partial charge on any atom is -0.481 e. The van der Waals surface area contributed by atoms with E-state index in [9.17, 15) is 14.7 Å². The number of hydrogen-bond acceptors (Lipinski definition) is 4. The van der Waals surface area contributed by atoms with Crippen LogP contribution in [0.4, 0.5) is 0 Å². The minimum absolute atomic E-state index is 0.168. The molecular weight excluding hydrogens is 288 g/mol. The SMILES string of the molecule is CCCC1(C(=O)O)CCCN(C(=O)C(N)c2cccs2)C1. The molecule has 1 aromatic heterocycles. The molecule has 5 nitrogen and oxygen atoms in total. The lowest BCUT2D eigenvalue weighted by atomic mass is 9.76. The van der Waals surface area contributed by atoms with Crippen molar-refractivity contribution in [2.75, 3.05) is 13.1 Å². The fourth-order valence-electron chi connectivity index (χ4n) is 3.07. The molecule has 0 spiro atoms. The summed E-state index contributed by atoms with van der Waals surface area (Å²) < 4.78 is 0. The normalized spacial score (nSPS) is 23.8. The van der Waals surface area contributed by atoms with Crippen LogP contribution in [0.25, 0.3) is 0 Å². The van der Waals surface area contributed by atoms with E-state index in [2.05, 4.69) is 0 Å². The number of carboxylic acids is 1. The number of aliphatic carboxylic acids is 1. The van der Waals surface area contributed by atoms with Gasteiger partial charge in [-0.2, -0.15) is 0 Å². The van der Waals surface area contributed by atoms with Gasteiger partial charge in [0.15, 0.2) is 0 Å². The number of carboxylic acid groups (broad SMARTS) is 1. The molecule has 1 amide bonds. The van der Waals surface area contributed by atoms with E-state index in [-0.39, 0.29) is 12.5 Å². The van der Waals surface area contributed by atoms with Crippen LogP contribution in [0.2, 0.25) is 0 Å². The van der Waals surface area contributed by atoms with E-state index in [4.69, 9.17) is 5.73 Å². The standard InChI is InChI=1S/C15H22N2O3S/c1-2-6-15(14(19)20)7-4-8-17(10-15)13(18)12(16)11-5-3-9-21-11/h3,5,9,12H,2,4,6-8,10,16H2,1H3,(H,19,20). The summed E-state index contributed by atoms with van der Waals surface area (Å²) in [5.41, 5.74) is 5.22. The number of carbonyl (C=O) groups is 2. The molecule has 0 aliphatic carbocycles. The molecule has 1 aromatic rings. The molecule has 1 saturated heterocycles. The minimum atomic E-state index is -0.808. The predicted octanol–water partition coefficient (Wildman–Crippen LogP) is 2.24. The summed E-state index contributed by atoms with van der Waals surface area (Å²) in [7, 11) is 0. The highest BCUT2D eigenvalue weighted by Crippen LogP contribution is 2.36. The van der Waals surface area contributed by atoms with Crippen molar-refractivity contribution in [3.05, 3.63) is 22.4 Å². The van der Waals surface area contributed by atoms with Crippen molar-refractivity contribution in [3.8, 4) is 0 Å². The summed E-state index contributed by atoms with van der Waals surface area (Å²) in [6, 6.07) is 3.02. The zero-order valence-electron chi connectivity index (χ0n) is 12.2. The first-order valence-corrected chi connectivity index (χ1v) is 8.19. The van der Waals surface area contributed by atoms with Crippen LogP contribution in [-0.4, -0.2) is 35.0 Å². The average Bonchev–Trinajstić information content (AvgIpc) is 3.00. The molecule has 0 aromatic carbocycles. The number of piperidine rings is 1. The summed E-state index contributed by atoms with van der Waals surface area (Å²) in [5, 5.41) is 11.5. The molecule has 116 valence electrons. The Morgan fingerprint density at radius 3 is 2.90 bits per heavy atom. The Labute approximate surface area is 128 Å². The van der Waals surface area contributed by atoms with E-state index in [1.54, 1.807) is 4.90 Å². The number of thiophene rings is 1. The third-order valence-electron chi connectivity index (χ3n) is 4.19. The van der Waals surface area contributed by atoms with Crippen LogP contribution in [0.1, 0.15) is 43.5 Å². The molecule has 0 saturated carbocycles. The van der Waals surface area contributed by atoms with Crippen molar-refractivity contribution < 1.29 is 14.7 Å². The lowest BCUT2D eigenvalue weighted by Crippen LogP contribution is -2.51. The van der Waals surface area contributed by atoms with Crippen LogP contribution in [0, 0.1) is 5.41 Å². The number of hydrogen-bond donors (Lipinski definition) is 2. The molecule has 0 radical (unpaired) electrons. The molecule has 1 aliphatic rings. The maximum atomic E-state index is 12.5. The van der Waals surface area contributed by atoms with E-state index in [1.807, 2.05) is 24.4 Å². The first-order chi connectivity index (χ1) is 10.00. The smallest absolute Gasteiger partial charge is 0.311 e. The first-order valence-electron chi connectivity index (χ1n) is 7.31. The maximum Gasteiger partial charge on any atom is 0.311 e. The van der Waals surface area contributed by atoms with E-state index in [1.165, 1.54) is 11.3 Å². The fraction of sp³-hybridized carbons (Fsp3) is 0.600. The molecular formula is C15H22N2O3S. The highest BCUT2D eigenvalue weighted by Gasteiger charge is 2.43. The van der Waals surface area contributed by atoms with Gasteiger partial charge in [0.05, 0.1) is 5.41 Å². The van der Waals surface area contributed by atoms with Gasteiger partial charge in [0, 0.05) is 18.0 Å². The van der Waals surface area contributed by atoms with Crippen LogP contribution >= 0.6 is 11.3 Å². The van der Waals surface area contributed by atoms with Gasteiger partial charge in [-0.25, -0.2) is 0 Å². The van der Waals surface area contributed by atoms with Gasteiger partial charge in [-0.05, 0) is 30.7 Å². The predicted molar refractivity (Wildman–Crippen MR) is 82.0 cm³/mol. The zero-order valence-corrected chi connectivity index (χ0v) is 13.1. The molecule has 0 bridgehead atoms. The molecule has 2 rings (SSSR count). The molecule has 2 unspecified atom stereocenters. The fourth-order valence-corrected chi connectivity index (χ4v) is 3.79. The summed E-state index contributed by atoms with van der Waals surface area (Å²) in [4.78, 5) is 26.6. The number of nitrogens with two attached hydrogens (primary N) is 1. The maximum absolute atomic E-state index is 12.5. The Morgan fingerprint density at radius 1 is 1.57 bits per heavy atom. The Hall–Kier alpha value is -1.40. The van der Waals surface area contributed by atoms with Crippen LogP contribution in [0.3, 0.4) is 0 Å². The van der Waals surface area contributed by atoms with Gasteiger partial charge in [0.1, 0.15) is 6.04 Å². The Morgan fingerprint density at radius 2 is 2.33 bits per heavy atom. The van der Waals surface area contributed by atoms with Gasteiger partial charge in [-0.15, -0.1) is 11.3 Å². The third kappa shape index (κ3) is 3.27. The second-order valence-corrected chi connectivity index (χ2v) is 6.67. The molecule has 2 atom stereocenters. The van der Waals surface area contributed by atoms with Gasteiger partial charge in [0.2, 0.25) is 5.91 Å². The first kappa shape index (κ1) is 16.0.